The Labute approximate surface area is 83.4 Å². The van der Waals surface area contributed by atoms with E-state index in [1.165, 1.54) is 11.8 Å². The Kier molecular flexibility index (Phi) is 2.05. The minimum Gasteiger partial charge on any atom is -0.397 e. The minimum atomic E-state index is 0.495. The van der Waals surface area contributed by atoms with Gasteiger partial charge in [-0.1, -0.05) is 11.6 Å². The summed E-state index contributed by atoms with van der Waals surface area (Å²) in [6, 6.07) is 1.65. The van der Waals surface area contributed by atoms with Crippen LogP contribution in [0.1, 0.15) is 0 Å². The second-order valence-electron chi connectivity index (χ2n) is 2.44. The molecule has 0 unspecified atom stereocenters. The fourth-order valence-electron chi connectivity index (χ4n) is 1.08. The van der Waals surface area contributed by atoms with E-state index in [-0.39, 0.29) is 0 Å². The predicted molar refractivity (Wildman–Crippen MR) is 53.0 cm³/mol. The fraction of sp³-hybridized carbons (Fsp3) is 0.143. The zero-order valence-electron chi connectivity index (χ0n) is 6.74. The van der Waals surface area contributed by atoms with E-state index in [9.17, 15) is 0 Å². The Hall–Kier alpha value is -0.940. The zero-order chi connectivity index (χ0) is 9.42. The summed E-state index contributed by atoms with van der Waals surface area (Å²) in [5, 5.41) is 7.95. The molecule has 0 bridgehead atoms. The average molecular weight is 216 g/mol. The first kappa shape index (κ1) is 8.65. The Morgan fingerprint density at radius 1 is 1.54 bits per heavy atom. The molecule has 1 aromatic heterocycles. The average Bonchev–Trinajstić information content (AvgIpc) is 2.54. The van der Waals surface area contributed by atoms with Gasteiger partial charge in [0, 0.05) is 0 Å². The van der Waals surface area contributed by atoms with Crippen LogP contribution >= 0.6 is 23.4 Å². The molecule has 2 N–H and O–H groups in total. The van der Waals surface area contributed by atoms with Crippen molar-refractivity contribution in [2.75, 3.05) is 12.0 Å². The van der Waals surface area contributed by atoms with Crippen LogP contribution in [-0.2, 0) is 0 Å². The summed E-state index contributed by atoms with van der Waals surface area (Å²) in [5.41, 5.74) is 7.45. The summed E-state index contributed by atoms with van der Waals surface area (Å²) in [6.07, 6.45) is 1.90. The van der Waals surface area contributed by atoms with Gasteiger partial charge in [0.2, 0.25) is 0 Å². The molecule has 0 aliphatic carbocycles. The maximum absolute atomic E-state index is 5.97. The normalized spacial score (nSPS) is 10.9. The van der Waals surface area contributed by atoms with Crippen LogP contribution in [0.3, 0.4) is 0 Å². The summed E-state index contributed by atoms with van der Waals surface area (Å²) >= 11 is 7.44. The molecule has 0 radical (unpaired) electrons. The third-order valence-electron chi connectivity index (χ3n) is 1.68. The standard InChI is InChI=1S/C7H6ClN3OS/c1-13-7-5(8)3(9)2-4-6(7)11-12-10-4/h2H,9H2,1H3. The van der Waals surface area contributed by atoms with Crippen LogP contribution in [0.5, 0.6) is 0 Å². The molecule has 2 aromatic rings. The summed E-state index contributed by atoms with van der Waals surface area (Å²) in [5.74, 6) is 0. The van der Waals surface area contributed by atoms with Crippen molar-refractivity contribution in [3.8, 4) is 0 Å². The van der Waals surface area contributed by atoms with E-state index >= 15 is 0 Å². The van der Waals surface area contributed by atoms with Crippen molar-refractivity contribution < 1.29 is 4.63 Å². The number of hydrogen-bond acceptors (Lipinski definition) is 5. The van der Waals surface area contributed by atoms with Gasteiger partial charge in [0.25, 0.3) is 0 Å². The number of benzene rings is 1. The summed E-state index contributed by atoms with van der Waals surface area (Å²) in [6.45, 7) is 0. The first-order valence-electron chi connectivity index (χ1n) is 3.48. The number of thioether (sulfide) groups is 1. The van der Waals surface area contributed by atoms with Gasteiger partial charge in [-0.3, -0.25) is 0 Å². The Bertz CT molecular complexity index is 456. The van der Waals surface area contributed by atoms with Gasteiger partial charge in [-0.25, -0.2) is 4.63 Å². The number of rotatable bonds is 1. The van der Waals surface area contributed by atoms with Crippen LogP contribution in [0, 0.1) is 0 Å². The van der Waals surface area contributed by atoms with Crippen molar-refractivity contribution >= 4 is 40.1 Å². The monoisotopic (exact) mass is 215 g/mol. The highest BCUT2D eigenvalue weighted by Crippen LogP contribution is 2.35. The summed E-state index contributed by atoms with van der Waals surface area (Å²) < 4.78 is 4.59. The quantitative estimate of drug-likeness (QED) is 0.584. The van der Waals surface area contributed by atoms with Crippen LogP contribution in [-0.4, -0.2) is 16.6 Å². The minimum absolute atomic E-state index is 0.495. The van der Waals surface area contributed by atoms with Gasteiger partial charge in [0.1, 0.15) is 11.0 Å². The fourth-order valence-corrected chi connectivity index (χ4v) is 2.09. The van der Waals surface area contributed by atoms with Gasteiger partial charge < -0.3 is 5.73 Å². The number of nitrogens with two attached hydrogens (primary N) is 1. The highest BCUT2D eigenvalue weighted by Gasteiger charge is 2.13. The van der Waals surface area contributed by atoms with Crippen LogP contribution in [0.15, 0.2) is 15.6 Å². The van der Waals surface area contributed by atoms with Gasteiger partial charge in [-0.15, -0.1) is 11.8 Å². The van der Waals surface area contributed by atoms with Crippen molar-refractivity contribution in [1.82, 2.24) is 10.3 Å². The third-order valence-corrected chi connectivity index (χ3v) is 3.00. The molecule has 6 heteroatoms. The van der Waals surface area contributed by atoms with Crippen molar-refractivity contribution in [2.45, 2.75) is 4.90 Å². The van der Waals surface area contributed by atoms with Crippen molar-refractivity contribution in [3.63, 3.8) is 0 Å². The second-order valence-corrected chi connectivity index (χ2v) is 3.64. The number of fused-ring (bicyclic) bond motifs is 1. The van der Waals surface area contributed by atoms with E-state index in [4.69, 9.17) is 17.3 Å². The van der Waals surface area contributed by atoms with Gasteiger partial charge in [0.05, 0.1) is 15.6 Å². The van der Waals surface area contributed by atoms with Crippen LogP contribution in [0.2, 0.25) is 5.02 Å². The van der Waals surface area contributed by atoms with Crippen molar-refractivity contribution in [1.29, 1.82) is 0 Å². The molecule has 0 saturated heterocycles. The van der Waals surface area contributed by atoms with Gasteiger partial charge in [0.15, 0.2) is 0 Å². The first-order valence-corrected chi connectivity index (χ1v) is 5.08. The smallest absolute Gasteiger partial charge is 0.150 e. The maximum atomic E-state index is 5.97. The molecular formula is C7H6ClN3OS. The van der Waals surface area contributed by atoms with Crippen LogP contribution < -0.4 is 5.73 Å². The zero-order valence-corrected chi connectivity index (χ0v) is 8.32. The Morgan fingerprint density at radius 3 is 3.00 bits per heavy atom. The van der Waals surface area contributed by atoms with Crippen LogP contribution in [0.4, 0.5) is 5.69 Å². The molecule has 0 atom stereocenters. The lowest BCUT2D eigenvalue weighted by molar-refractivity contribution is 0.315. The highest BCUT2D eigenvalue weighted by molar-refractivity contribution is 7.99. The van der Waals surface area contributed by atoms with Gasteiger partial charge in [-0.2, -0.15) is 0 Å². The number of halogens is 1. The topological polar surface area (TPSA) is 64.9 Å². The van der Waals surface area contributed by atoms with Crippen molar-refractivity contribution in [2.24, 2.45) is 0 Å². The molecule has 2 rings (SSSR count). The molecule has 0 aliphatic rings. The number of anilines is 1. The number of nitrogen functional groups attached to an aromatic ring is 1. The molecule has 0 fully saturated rings. The number of aromatic nitrogens is 2. The molecular weight excluding hydrogens is 210 g/mol. The van der Waals surface area contributed by atoms with E-state index in [0.29, 0.717) is 21.7 Å². The van der Waals surface area contributed by atoms with E-state index < -0.39 is 0 Å². The lowest BCUT2D eigenvalue weighted by Crippen LogP contribution is -1.89. The summed E-state index contributed by atoms with van der Waals surface area (Å²) in [4.78, 5) is 0.804. The molecule has 0 aliphatic heterocycles. The highest BCUT2D eigenvalue weighted by atomic mass is 35.5. The molecule has 0 amide bonds. The Balaban J connectivity index is 2.87. The lowest BCUT2D eigenvalue weighted by atomic mass is 10.3. The maximum Gasteiger partial charge on any atom is 0.150 e. The molecule has 1 aromatic carbocycles. The van der Waals surface area contributed by atoms with E-state index in [0.717, 1.165) is 4.90 Å². The van der Waals surface area contributed by atoms with Gasteiger partial charge >= 0.3 is 0 Å². The van der Waals surface area contributed by atoms with Gasteiger partial charge in [-0.05, 0) is 22.6 Å². The van der Waals surface area contributed by atoms with Crippen LogP contribution in [0.25, 0.3) is 11.0 Å². The molecule has 4 nitrogen and oxygen atoms in total. The molecule has 0 spiro atoms. The number of hydrogen-bond donors (Lipinski definition) is 1. The first-order chi connectivity index (χ1) is 6.24. The molecule has 0 saturated carbocycles. The summed E-state index contributed by atoms with van der Waals surface area (Å²) in [7, 11) is 0. The third kappa shape index (κ3) is 1.24. The van der Waals surface area contributed by atoms with E-state index in [1.807, 2.05) is 6.26 Å². The largest absolute Gasteiger partial charge is 0.397 e. The predicted octanol–water partition coefficient (Wildman–Crippen LogP) is 2.18. The second kappa shape index (κ2) is 3.08. The number of nitrogens with zero attached hydrogens (tertiary/aromatic N) is 2. The SMILES string of the molecule is CSc1c(Cl)c(N)cc2nonc12. The van der Waals surface area contributed by atoms with Crippen molar-refractivity contribution in [3.05, 3.63) is 11.1 Å². The Morgan fingerprint density at radius 2 is 2.31 bits per heavy atom. The lowest BCUT2D eigenvalue weighted by Gasteiger charge is -2.02. The molecule has 1 heterocycles. The van der Waals surface area contributed by atoms with E-state index in [2.05, 4.69) is 14.9 Å². The van der Waals surface area contributed by atoms with E-state index in [1.54, 1.807) is 6.07 Å². The molecule has 68 valence electrons. The molecule has 13 heavy (non-hydrogen) atoms.